The number of hydrogen-bond donors (Lipinski definition) is 0. The van der Waals surface area contributed by atoms with E-state index < -0.39 is 35.3 Å². The normalized spacial score (nSPS) is 13.8. The molecule has 0 saturated carbocycles. The van der Waals surface area contributed by atoms with Crippen LogP contribution in [0, 0.1) is 5.82 Å². The number of benzene rings is 3. The molecular weight excluding hydrogens is 603 g/mol. The van der Waals surface area contributed by atoms with E-state index in [9.17, 15) is 18.8 Å². The van der Waals surface area contributed by atoms with E-state index in [0.717, 1.165) is 10.3 Å². The van der Waals surface area contributed by atoms with Crippen LogP contribution in [0.1, 0.15) is 60.1 Å². The minimum atomic E-state index is -0.731. The molecule has 1 aliphatic rings. The van der Waals surface area contributed by atoms with Crippen LogP contribution in [0.2, 0.25) is 0 Å². The predicted octanol–water partition coefficient (Wildman–Crippen LogP) is 6.19. The van der Waals surface area contributed by atoms with Gasteiger partial charge >= 0.3 is 5.97 Å². The summed E-state index contributed by atoms with van der Waals surface area (Å²) >= 11 is 0. The van der Waals surface area contributed by atoms with E-state index in [1.54, 1.807) is 92.0 Å². The van der Waals surface area contributed by atoms with Gasteiger partial charge in [-0.2, -0.15) is 10.2 Å². The van der Waals surface area contributed by atoms with Crippen LogP contribution in [0.4, 0.5) is 10.2 Å². The van der Waals surface area contributed by atoms with E-state index in [1.165, 1.54) is 18.2 Å². The Balaban J connectivity index is 1.33. The molecule has 3 aromatic carbocycles. The molecule has 1 aliphatic heterocycles. The first kappa shape index (κ1) is 29.8. The third kappa shape index (κ3) is 5.47. The first-order valence-electron chi connectivity index (χ1n) is 14.9. The number of nitrogens with zero attached hydrogens (tertiary/aromatic N) is 6. The van der Waals surface area contributed by atoms with Gasteiger partial charge < -0.3 is 9.47 Å². The van der Waals surface area contributed by atoms with Crippen molar-refractivity contribution >= 4 is 45.4 Å². The zero-order chi connectivity index (χ0) is 33.0. The van der Waals surface area contributed by atoms with E-state index >= 15 is 0 Å². The van der Waals surface area contributed by atoms with Gasteiger partial charge in [-0.05, 0) is 82.3 Å². The lowest BCUT2D eigenvalue weighted by Crippen LogP contribution is -2.31. The third-order valence-electron chi connectivity index (χ3n) is 7.71. The summed E-state index contributed by atoms with van der Waals surface area (Å²) in [6.45, 7) is 7.08. The zero-order valence-electron chi connectivity index (χ0n) is 26.0. The second kappa shape index (κ2) is 11.2. The largest absolute Gasteiger partial charge is 0.482 e. The van der Waals surface area contributed by atoms with Gasteiger partial charge in [0.15, 0.2) is 11.6 Å². The van der Waals surface area contributed by atoms with Crippen LogP contribution < -0.4 is 9.64 Å². The zero-order valence-corrected chi connectivity index (χ0v) is 26.0. The van der Waals surface area contributed by atoms with E-state index in [-0.39, 0.29) is 29.2 Å². The van der Waals surface area contributed by atoms with Crippen molar-refractivity contribution in [3.63, 3.8) is 0 Å². The van der Waals surface area contributed by atoms with Crippen molar-refractivity contribution in [2.75, 3.05) is 4.90 Å². The molecule has 4 heterocycles. The summed E-state index contributed by atoms with van der Waals surface area (Å²) in [5.74, 6) is -1.91. The maximum absolute atomic E-state index is 14.3. The molecule has 236 valence electrons. The topological polar surface area (TPSA) is 121 Å². The molecule has 0 N–H and O–H groups in total. The first-order valence-corrected chi connectivity index (χ1v) is 14.9. The highest BCUT2D eigenvalue weighted by atomic mass is 19.1. The van der Waals surface area contributed by atoms with Gasteiger partial charge in [-0.25, -0.2) is 19.0 Å². The molecule has 47 heavy (non-hydrogen) atoms. The maximum atomic E-state index is 14.3. The lowest BCUT2D eigenvalue weighted by molar-refractivity contribution is -0.155. The summed E-state index contributed by atoms with van der Waals surface area (Å²) in [5, 5.41) is 10.0. The molecule has 0 saturated heterocycles. The summed E-state index contributed by atoms with van der Waals surface area (Å²) in [4.78, 5) is 45.4. The Hall–Kier alpha value is -5.91. The summed E-state index contributed by atoms with van der Waals surface area (Å²) in [5.41, 5.74) is 2.20. The molecule has 0 spiro atoms. The highest BCUT2D eigenvalue weighted by Crippen LogP contribution is 2.39. The smallest absolute Gasteiger partial charge is 0.328 e. The number of fused-ring (bicyclic) bond motifs is 3. The Morgan fingerprint density at radius 1 is 0.936 bits per heavy atom. The van der Waals surface area contributed by atoms with Crippen LogP contribution in [0.25, 0.3) is 27.5 Å². The van der Waals surface area contributed by atoms with Crippen molar-refractivity contribution in [3.05, 3.63) is 108 Å². The summed E-state index contributed by atoms with van der Waals surface area (Å²) in [6, 6.07) is 17.7. The van der Waals surface area contributed by atoms with Crippen molar-refractivity contribution in [2.24, 2.45) is 0 Å². The number of amides is 2. The fourth-order valence-corrected chi connectivity index (χ4v) is 5.69. The Morgan fingerprint density at radius 2 is 1.68 bits per heavy atom. The molecule has 0 bridgehead atoms. The monoisotopic (exact) mass is 632 g/mol. The van der Waals surface area contributed by atoms with E-state index in [4.69, 9.17) is 9.47 Å². The van der Waals surface area contributed by atoms with Crippen molar-refractivity contribution in [2.45, 2.75) is 45.9 Å². The lowest BCUT2D eigenvalue weighted by atomic mass is 10.1. The Morgan fingerprint density at radius 3 is 2.36 bits per heavy atom. The van der Waals surface area contributed by atoms with Crippen LogP contribution in [0.15, 0.2) is 85.3 Å². The molecule has 2 amide bonds. The second-order valence-electron chi connectivity index (χ2n) is 12.2. The number of imide groups is 1. The number of rotatable bonds is 7. The number of aromatic nitrogens is 5. The number of anilines is 1. The van der Waals surface area contributed by atoms with E-state index in [2.05, 4.69) is 15.2 Å². The second-order valence-corrected chi connectivity index (χ2v) is 12.2. The van der Waals surface area contributed by atoms with Gasteiger partial charge in [0.2, 0.25) is 0 Å². The van der Waals surface area contributed by atoms with Crippen molar-refractivity contribution < 1.29 is 28.2 Å². The van der Waals surface area contributed by atoms with Crippen LogP contribution in [-0.4, -0.2) is 47.9 Å². The first-order chi connectivity index (χ1) is 22.5. The quantitative estimate of drug-likeness (QED) is 0.151. The van der Waals surface area contributed by atoms with E-state index in [0.29, 0.717) is 27.7 Å². The standard InChI is InChI=1S/C35H29FN6O5/c1-20(26-17-28-22(15-29(26)40-13-7-12-37-40)18-38-41(28)19-31(43)47-35(2,3)4)46-30-16-21-14-23(36)10-11-27(21)39-32(30)42-33(44)24-8-5-6-9-25(24)34(42)45/h5-18,20H,19H2,1-4H3/t20-/m0/s1. The summed E-state index contributed by atoms with van der Waals surface area (Å²) in [6.07, 6.45) is 4.36. The average Bonchev–Trinajstić information content (AvgIpc) is 3.75. The number of esters is 1. The van der Waals surface area contributed by atoms with Crippen LogP contribution >= 0.6 is 0 Å². The van der Waals surface area contributed by atoms with Gasteiger partial charge in [-0.15, -0.1) is 0 Å². The number of halogens is 1. The molecule has 0 unspecified atom stereocenters. The molecule has 3 aromatic heterocycles. The highest BCUT2D eigenvalue weighted by Gasteiger charge is 2.39. The minimum Gasteiger partial charge on any atom is -0.482 e. The fourth-order valence-electron chi connectivity index (χ4n) is 5.69. The van der Waals surface area contributed by atoms with Crippen molar-refractivity contribution in [1.82, 2.24) is 24.5 Å². The molecule has 12 heteroatoms. The highest BCUT2D eigenvalue weighted by molar-refractivity contribution is 6.34. The molecule has 0 fully saturated rings. The molecule has 0 radical (unpaired) electrons. The van der Waals surface area contributed by atoms with Crippen LogP contribution in [-0.2, 0) is 16.1 Å². The molecular formula is C35H29FN6O5. The number of pyridine rings is 1. The van der Waals surface area contributed by atoms with Crippen molar-refractivity contribution in [3.8, 4) is 11.4 Å². The third-order valence-corrected chi connectivity index (χ3v) is 7.71. The fraction of sp³-hybridized carbons (Fsp3) is 0.200. The molecule has 1 atom stereocenters. The van der Waals surface area contributed by atoms with Gasteiger partial charge in [0.25, 0.3) is 11.8 Å². The maximum Gasteiger partial charge on any atom is 0.328 e. The minimum absolute atomic E-state index is 0.0150. The number of carbonyl (C=O) groups excluding carboxylic acids is 3. The summed E-state index contributed by atoms with van der Waals surface area (Å²) < 4.78 is 29.6. The van der Waals surface area contributed by atoms with Gasteiger partial charge in [-0.3, -0.25) is 19.1 Å². The van der Waals surface area contributed by atoms with Crippen LogP contribution in [0.5, 0.6) is 5.75 Å². The van der Waals surface area contributed by atoms with E-state index in [1.807, 2.05) is 12.1 Å². The predicted molar refractivity (Wildman–Crippen MR) is 171 cm³/mol. The SMILES string of the molecule is C[C@H](Oc1cc2cc(F)ccc2nc1N1C(=O)c2ccccc2C1=O)c1cc2c(cnn2CC(=O)OC(C)(C)C)cc1-n1cccn1. The van der Waals surface area contributed by atoms with Crippen molar-refractivity contribution in [1.29, 1.82) is 0 Å². The lowest BCUT2D eigenvalue weighted by Gasteiger charge is -2.23. The van der Waals surface area contributed by atoms with Crippen LogP contribution in [0.3, 0.4) is 0 Å². The van der Waals surface area contributed by atoms with Gasteiger partial charge in [0, 0.05) is 28.7 Å². The molecule has 0 aliphatic carbocycles. The molecule has 7 rings (SSSR count). The number of carbonyl (C=O) groups is 3. The molecule has 11 nitrogen and oxygen atoms in total. The Labute approximate surface area is 268 Å². The Kier molecular flexibility index (Phi) is 7.07. The summed E-state index contributed by atoms with van der Waals surface area (Å²) in [7, 11) is 0. The van der Waals surface area contributed by atoms with Gasteiger partial charge in [0.05, 0.1) is 34.0 Å². The molecule has 6 aromatic rings. The van der Waals surface area contributed by atoms with Gasteiger partial charge in [-0.1, -0.05) is 12.1 Å². The average molecular weight is 633 g/mol. The number of ether oxygens (including phenoxy) is 2. The Bertz CT molecular complexity index is 2180. The number of hydrogen-bond acceptors (Lipinski definition) is 8. The van der Waals surface area contributed by atoms with Gasteiger partial charge in [0.1, 0.15) is 24.1 Å².